The Kier molecular flexibility index (Phi) is 3.63. The van der Waals surface area contributed by atoms with E-state index in [4.69, 9.17) is 0 Å². The first-order valence-corrected chi connectivity index (χ1v) is 8.21. The van der Waals surface area contributed by atoms with Crippen LogP contribution in [0.25, 0.3) is 11.0 Å². The number of aryl methyl sites for hydroxylation is 2. The van der Waals surface area contributed by atoms with Crippen LogP contribution in [0.4, 0.5) is 11.8 Å². The molecule has 3 aromatic rings. The van der Waals surface area contributed by atoms with Crippen molar-refractivity contribution in [1.29, 1.82) is 0 Å². The average molecular weight is 340 g/mol. The number of rotatable bonds is 4. The first-order chi connectivity index (χ1) is 12.0. The van der Waals surface area contributed by atoms with Gasteiger partial charge in [0.2, 0.25) is 5.95 Å². The highest BCUT2D eigenvalue weighted by atomic mass is 16.1. The lowest BCUT2D eigenvalue weighted by atomic mass is 10.0. The Morgan fingerprint density at radius 2 is 2.04 bits per heavy atom. The topological polar surface area (TPSA) is 93.8 Å². The lowest BCUT2D eigenvalue weighted by Gasteiger charge is -2.40. The third-order valence-electron chi connectivity index (χ3n) is 4.59. The van der Waals surface area contributed by atoms with Gasteiger partial charge in [-0.2, -0.15) is 15.2 Å². The van der Waals surface area contributed by atoms with Crippen molar-refractivity contribution in [2.45, 2.75) is 6.92 Å². The zero-order valence-electron chi connectivity index (χ0n) is 14.5. The van der Waals surface area contributed by atoms with Crippen molar-refractivity contribution in [2.75, 3.05) is 29.9 Å². The summed E-state index contributed by atoms with van der Waals surface area (Å²) < 4.78 is 3.15. The van der Waals surface area contributed by atoms with Crippen LogP contribution in [-0.2, 0) is 14.1 Å². The summed E-state index contributed by atoms with van der Waals surface area (Å²) in [6.45, 7) is 4.49. The Balaban J connectivity index is 1.42. The van der Waals surface area contributed by atoms with Gasteiger partial charge >= 0.3 is 0 Å². The molecule has 4 rings (SSSR count). The van der Waals surface area contributed by atoms with Crippen molar-refractivity contribution in [3.8, 4) is 0 Å². The van der Waals surface area contributed by atoms with Crippen LogP contribution in [0.2, 0.25) is 0 Å². The molecule has 0 atom stereocenters. The molecule has 1 aliphatic heterocycles. The maximum absolute atomic E-state index is 12.4. The molecule has 9 nitrogen and oxygen atoms in total. The number of fused-ring (bicyclic) bond motifs is 1. The minimum atomic E-state index is -0.0919. The molecule has 0 saturated carbocycles. The van der Waals surface area contributed by atoms with Gasteiger partial charge in [0.05, 0.1) is 11.9 Å². The molecule has 3 aromatic heterocycles. The van der Waals surface area contributed by atoms with Gasteiger partial charge in [0.25, 0.3) is 5.56 Å². The summed E-state index contributed by atoms with van der Waals surface area (Å²) in [4.78, 5) is 19.1. The summed E-state index contributed by atoms with van der Waals surface area (Å²) in [5, 5.41) is 16.2. The molecule has 0 bridgehead atoms. The number of aromatic nitrogens is 6. The van der Waals surface area contributed by atoms with E-state index in [1.807, 2.05) is 19.1 Å². The van der Waals surface area contributed by atoms with E-state index >= 15 is 0 Å². The molecule has 1 N–H and O–H groups in total. The Labute approximate surface area is 144 Å². The molecule has 0 unspecified atom stereocenters. The molecule has 1 saturated heterocycles. The van der Waals surface area contributed by atoms with Gasteiger partial charge in [-0.3, -0.25) is 14.0 Å². The summed E-state index contributed by atoms with van der Waals surface area (Å²) in [5.41, 5.74) is 1.42. The summed E-state index contributed by atoms with van der Waals surface area (Å²) in [6.07, 6.45) is 1.56. The van der Waals surface area contributed by atoms with Crippen LogP contribution >= 0.6 is 0 Å². The maximum atomic E-state index is 12.4. The second-order valence-electron chi connectivity index (χ2n) is 6.49. The van der Waals surface area contributed by atoms with Crippen LogP contribution in [0.15, 0.2) is 23.1 Å². The van der Waals surface area contributed by atoms with Gasteiger partial charge in [-0.25, -0.2) is 0 Å². The van der Waals surface area contributed by atoms with Gasteiger partial charge in [-0.05, 0) is 19.1 Å². The number of nitrogens with zero attached hydrogens (tertiary/aromatic N) is 7. The molecule has 130 valence electrons. The van der Waals surface area contributed by atoms with E-state index in [1.165, 1.54) is 4.57 Å². The van der Waals surface area contributed by atoms with Crippen molar-refractivity contribution in [1.82, 2.24) is 29.5 Å². The lowest BCUT2D eigenvalue weighted by molar-refractivity contribution is 0.424. The second-order valence-corrected chi connectivity index (χ2v) is 6.49. The standard InChI is InChI=1S/C16H20N8O/c1-10-4-5-13(21-20-10)24-8-11(9-24)6-17-16-19-14-12(7-18-23(14)3)15(25)22(16)2/h4-5,7,11H,6,8-9H2,1-3H3,(H,17,19). The molecule has 1 aliphatic rings. The van der Waals surface area contributed by atoms with Crippen LogP contribution in [0.5, 0.6) is 0 Å². The van der Waals surface area contributed by atoms with Gasteiger partial charge in [-0.1, -0.05) is 0 Å². The minimum absolute atomic E-state index is 0.0919. The summed E-state index contributed by atoms with van der Waals surface area (Å²) in [7, 11) is 3.50. The quantitative estimate of drug-likeness (QED) is 0.731. The van der Waals surface area contributed by atoms with E-state index in [0.29, 0.717) is 22.9 Å². The summed E-state index contributed by atoms with van der Waals surface area (Å²) in [5.74, 6) is 1.94. The Bertz CT molecular complexity index is 968. The fourth-order valence-electron chi connectivity index (χ4n) is 3.01. The molecular formula is C16H20N8O. The Hall–Kier alpha value is -2.97. The molecule has 0 aliphatic carbocycles. The van der Waals surface area contributed by atoms with Gasteiger partial charge < -0.3 is 10.2 Å². The summed E-state index contributed by atoms with van der Waals surface area (Å²) >= 11 is 0. The monoisotopic (exact) mass is 340 g/mol. The van der Waals surface area contributed by atoms with Gasteiger partial charge in [0.1, 0.15) is 5.39 Å². The number of hydrogen-bond donors (Lipinski definition) is 1. The van der Waals surface area contributed by atoms with Crippen molar-refractivity contribution in [3.05, 3.63) is 34.4 Å². The molecule has 9 heteroatoms. The highest BCUT2D eigenvalue weighted by Gasteiger charge is 2.28. The molecule has 25 heavy (non-hydrogen) atoms. The zero-order valence-corrected chi connectivity index (χ0v) is 14.5. The Morgan fingerprint density at radius 1 is 1.24 bits per heavy atom. The van der Waals surface area contributed by atoms with Crippen LogP contribution in [-0.4, -0.2) is 49.2 Å². The molecule has 0 spiro atoms. The second kappa shape index (κ2) is 5.83. The van der Waals surface area contributed by atoms with Crippen LogP contribution in [0.3, 0.4) is 0 Å². The predicted octanol–water partition coefficient (Wildman–Crippen LogP) is 0.314. The third-order valence-corrected chi connectivity index (χ3v) is 4.59. The average Bonchev–Trinajstić information content (AvgIpc) is 2.93. The predicted molar refractivity (Wildman–Crippen MR) is 94.7 cm³/mol. The first-order valence-electron chi connectivity index (χ1n) is 8.21. The van der Waals surface area contributed by atoms with E-state index in [1.54, 1.807) is 25.0 Å². The van der Waals surface area contributed by atoms with E-state index in [0.717, 1.165) is 31.1 Å². The fraction of sp³-hybridized carbons (Fsp3) is 0.438. The van der Waals surface area contributed by atoms with Crippen LogP contribution in [0, 0.1) is 12.8 Å². The Morgan fingerprint density at radius 3 is 2.76 bits per heavy atom. The molecule has 1 fully saturated rings. The van der Waals surface area contributed by atoms with Gasteiger partial charge in [0, 0.05) is 39.6 Å². The SMILES string of the molecule is Cc1ccc(N2CC(CNc3nc4c(cnn4C)c(=O)n3C)C2)nn1. The van der Waals surface area contributed by atoms with E-state index < -0.39 is 0 Å². The number of hydrogen-bond acceptors (Lipinski definition) is 7. The first kappa shape index (κ1) is 15.6. The lowest BCUT2D eigenvalue weighted by Crippen LogP contribution is -2.50. The van der Waals surface area contributed by atoms with Crippen molar-refractivity contribution in [2.24, 2.45) is 20.0 Å². The number of nitrogens with one attached hydrogen (secondary N) is 1. The summed E-state index contributed by atoms with van der Waals surface area (Å²) in [6, 6.07) is 3.96. The third kappa shape index (κ3) is 2.71. The normalized spacial score (nSPS) is 14.8. The van der Waals surface area contributed by atoms with E-state index in [-0.39, 0.29) is 5.56 Å². The highest BCUT2D eigenvalue weighted by molar-refractivity contribution is 5.74. The molecule has 4 heterocycles. The van der Waals surface area contributed by atoms with Crippen LogP contribution < -0.4 is 15.8 Å². The van der Waals surface area contributed by atoms with E-state index in [2.05, 4.69) is 30.5 Å². The molecule has 0 aromatic carbocycles. The maximum Gasteiger partial charge on any atom is 0.265 e. The zero-order chi connectivity index (χ0) is 17.6. The number of anilines is 2. The molecule has 0 radical (unpaired) electrons. The fourth-order valence-corrected chi connectivity index (χ4v) is 3.01. The van der Waals surface area contributed by atoms with Crippen LogP contribution in [0.1, 0.15) is 5.69 Å². The van der Waals surface area contributed by atoms with Crippen molar-refractivity contribution in [3.63, 3.8) is 0 Å². The van der Waals surface area contributed by atoms with Gasteiger partial charge in [-0.15, -0.1) is 5.10 Å². The van der Waals surface area contributed by atoms with Gasteiger partial charge in [0.15, 0.2) is 11.5 Å². The molecule has 0 amide bonds. The van der Waals surface area contributed by atoms with Crippen molar-refractivity contribution < 1.29 is 0 Å². The van der Waals surface area contributed by atoms with E-state index in [9.17, 15) is 4.79 Å². The largest absolute Gasteiger partial charge is 0.355 e. The minimum Gasteiger partial charge on any atom is -0.355 e. The highest BCUT2D eigenvalue weighted by Crippen LogP contribution is 2.22. The molecular weight excluding hydrogens is 320 g/mol. The smallest absolute Gasteiger partial charge is 0.265 e. The van der Waals surface area contributed by atoms with Crippen molar-refractivity contribution >= 4 is 22.8 Å².